The molecule has 1 aliphatic heterocycles. The number of nitrogens with zero attached hydrogens (tertiary/aromatic N) is 1. The van der Waals surface area contributed by atoms with E-state index in [0.717, 1.165) is 10.5 Å². The Labute approximate surface area is 161 Å². The first kappa shape index (κ1) is 19.1. The van der Waals surface area contributed by atoms with Gasteiger partial charge in [0.2, 0.25) is 10.0 Å². The highest BCUT2D eigenvalue weighted by atomic mass is 35.5. The summed E-state index contributed by atoms with van der Waals surface area (Å²) < 4.78 is 22.6. The van der Waals surface area contributed by atoms with Crippen LogP contribution in [0.25, 0.3) is 0 Å². The van der Waals surface area contributed by atoms with E-state index in [-0.39, 0.29) is 22.2 Å². The van der Waals surface area contributed by atoms with E-state index in [1.54, 1.807) is 0 Å². The summed E-state index contributed by atoms with van der Waals surface area (Å²) in [5.74, 6) is -1.10. The van der Waals surface area contributed by atoms with E-state index in [0.29, 0.717) is 12.1 Å². The number of anilines is 1. The molecule has 2 aromatic rings. The third-order valence-corrected chi connectivity index (χ3v) is 5.31. The molecule has 0 fully saturated rings. The predicted octanol–water partition coefficient (Wildman–Crippen LogP) is 1.81. The van der Waals surface area contributed by atoms with Crippen molar-refractivity contribution in [2.24, 2.45) is 5.14 Å². The number of amides is 2. The maximum atomic E-state index is 12.6. The summed E-state index contributed by atoms with van der Waals surface area (Å²) in [5, 5.41) is 7.62. The Morgan fingerprint density at radius 2 is 1.59 bits per heavy atom. The standard InChI is InChI=1S/C18H16ClN3O4S/c19-15-16(21-13-6-8-14(9-7-13)27(20,25)26)18(24)22(17(15)23)11-10-12-4-2-1-3-5-12/h1-9,21H,10-11H2,(H2,20,25,26). The molecule has 0 saturated carbocycles. The number of sulfonamides is 1. The molecule has 3 N–H and O–H groups in total. The van der Waals surface area contributed by atoms with Crippen molar-refractivity contribution < 1.29 is 18.0 Å². The predicted molar refractivity (Wildman–Crippen MR) is 101 cm³/mol. The number of nitrogens with two attached hydrogens (primary N) is 1. The molecule has 0 bridgehead atoms. The third-order valence-electron chi connectivity index (χ3n) is 4.03. The fourth-order valence-corrected chi connectivity index (χ4v) is 3.36. The summed E-state index contributed by atoms with van der Waals surface area (Å²) in [6.45, 7) is 0.202. The summed E-state index contributed by atoms with van der Waals surface area (Å²) >= 11 is 6.04. The Bertz CT molecular complexity index is 1020. The van der Waals surface area contributed by atoms with Crippen LogP contribution >= 0.6 is 11.6 Å². The van der Waals surface area contributed by atoms with Crippen LogP contribution in [0.4, 0.5) is 5.69 Å². The second kappa shape index (κ2) is 7.51. The van der Waals surface area contributed by atoms with Crippen LogP contribution in [0.2, 0.25) is 0 Å². The monoisotopic (exact) mass is 405 g/mol. The van der Waals surface area contributed by atoms with Crippen molar-refractivity contribution >= 4 is 39.1 Å². The minimum absolute atomic E-state index is 0.0434. The lowest BCUT2D eigenvalue weighted by molar-refractivity contribution is -0.137. The highest BCUT2D eigenvalue weighted by Crippen LogP contribution is 2.26. The smallest absolute Gasteiger partial charge is 0.278 e. The third kappa shape index (κ3) is 4.19. The lowest BCUT2D eigenvalue weighted by Crippen LogP contribution is -2.34. The molecule has 0 aliphatic carbocycles. The van der Waals surface area contributed by atoms with Gasteiger partial charge in [0.15, 0.2) is 0 Å². The van der Waals surface area contributed by atoms with Crippen LogP contribution in [0, 0.1) is 0 Å². The van der Waals surface area contributed by atoms with Gasteiger partial charge in [0.1, 0.15) is 10.7 Å². The van der Waals surface area contributed by atoms with Crippen LogP contribution in [0.1, 0.15) is 5.56 Å². The number of hydrogen-bond donors (Lipinski definition) is 2. The summed E-state index contributed by atoms with van der Waals surface area (Å²) in [4.78, 5) is 25.9. The normalized spacial score (nSPS) is 14.8. The number of primary sulfonamides is 1. The molecule has 27 heavy (non-hydrogen) atoms. The number of rotatable bonds is 6. The number of nitrogens with one attached hydrogen (secondary N) is 1. The number of carbonyl (C=O) groups excluding carboxylic acids is 2. The molecule has 0 saturated heterocycles. The summed E-state index contributed by atoms with van der Waals surface area (Å²) in [6, 6.07) is 14.9. The quantitative estimate of drug-likeness (QED) is 0.712. The van der Waals surface area contributed by atoms with Crippen LogP contribution < -0.4 is 10.5 Å². The van der Waals surface area contributed by atoms with Gasteiger partial charge in [-0.25, -0.2) is 13.6 Å². The van der Waals surface area contributed by atoms with Crippen molar-refractivity contribution in [1.29, 1.82) is 0 Å². The molecule has 2 amide bonds. The maximum Gasteiger partial charge on any atom is 0.278 e. The van der Waals surface area contributed by atoms with Crippen molar-refractivity contribution in [2.75, 3.05) is 11.9 Å². The highest BCUT2D eigenvalue weighted by molar-refractivity contribution is 7.89. The van der Waals surface area contributed by atoms with Gasteiger partial charge < -0.3 is 5.32 Å². The van der Waals surface area contributed by atoms with E-state index in [1.165, 1.54) is 24.3 Å². The Kier molecular flexibility index (Phi) is 5.31. The van der Waals surface area contributed by atoms with Gasteiger partial charge in [0, 0.05) is 12.2 Å². The van der Waals surface area contributed by atoms with Crippen molar-refractivity contribution in [2.45, 2.75) is 11.3 Å². The average molecular weight is 406 g/mol. The Hall–Kier alpha value is -2.68. The zero-order valence-electron chi connectivity index (χ0n) is 14.1. The van der Waals surface area contributed by atoms with E-state index in [1.807, 2.05) is 30.3 Å². The molecular formula is C18H16ClN3O4S. The number of halogens is 1. The molecule has 0 aromatic heterocycles. The molecule has 1 aliphatic rings. The van der Waals surface area contributed by atoms with E-state index in [2.05, 4.69) is 5.32 Å². The molecule has 9 heteroatoms. The molecule has 7 nitrogen and oxygen atoms in total. The van der Waals surface area contributed by atoms with Gasteiger partial charge in [-0.2, -0.15) is 0 Å². The first-order valence-electron chi connectivity index (χ1n) is 7.97. The molecule has 3 rings (SSSR count). The van der Waals surface area contributed by atoms with Crippen LogP contribution in [-0.4, -0.2) is 31.7 Å². The van der Waals surface area contributed by atoms with Gasteiger partial charge in [0.05, 0.1) is 4.90 Å². The summed E-state index contributed by atoms with van der Waals surface area (Å²) in [5.41, 5.74) is 1.36. The van der Waals surface area contributed by atoms with E-state index < -0.39 is 21.8 Å². The second-order valence-corrected chi connectivity index (χ2v) is 7.82. The average Bonchev–Trinajstić information content (AvgIpc) is 2.84. The maximum absolute atomic E-state index is 12.6. The van der Waals surface area contributed by atoms with Gasteiger partial charge in [-0.1, -0.05) is 41.9 Å². The molecule has 2 aromatic carbocycles. The van der Waals surface area contributed by atoms with Crippen LogP contribution in [0.15, 0.2) is 70.2 Å². The van der Waals surface area contributed by atoms with E-state index >= 15 is 0 Å². The largest absolute Gasteiger partial charge is 0.350 e. The first-order chi connectivity index (χ1) is 12.8. The number of benzene rings is 2. The minimum atomic E-state index is -3.81. The number of imide groups is 1. The van der Waals surface area contributed by atoms with Crippen LogP contribution in [0.5, 0.6) is 0 Å². The number of carbonyl (C=O) groups is 2. The highest BCUT2D eigenvalue weighted by Gasteiger charge is 2.37. The molecule has 0 atom stereocenters. The van der Waals surface area contributed by atoms with Crippen molar-refractivity contribution in [3.8, 4) is 0 Å². The molecule has 0 radical (unpaired) electrons. The topological polar surface area (TPSA) is 110 Å². The van der Waals surface area contributed by atoms with Gasteiger partial charge >= 0.3 is 0 Å². The second-order valence-electron chi connectivity index (χ2n) is 5.88. The first-order valence-corrected chi connectivity index (χ1v) is 9.89. The molecule has 1 heterocycles. The Morgan fingerprint density at radius 3 is 2.19 bits per heavy atom. The fraction of sp³-hybridized carbons (Fsp3) is 0.111. The zero-order valence-corrected chi connectivity index (χ0v) is 15.6. The van der Waals surface area contributed by atoms with Gasteiger partial charge in [0.25, 0.3) is 11.8 Å². The van der Waals surface area contributed by atoms with E-state index in [9.17, 15) is 18.0 Å². The van der Waals surface area contributed by atoms with Gasteiger partial charge in [-0.15, -0.1) is 0 Å². The fourth-order valence-electron chi connectivity index (χ4n) is 2.62. The summed E-state index contributed by atoms with van der Waals surface area (Å²) in [6.07, 6.45) is 0.513. The summed E-state index contributed by atoms with van der Waals surface area (Å²) in [7, 11) is -3.81. The number of hydrogen-bond acceptors (Lipinski definition) is 5. The van der Waals surface area contributed by atoms with Crippen molar-refractivity contribution in [3.05, 3.63) is 70.9 Å². The zero-order chi connectivity index (χ0) is 19.6. The molecular weight excluding hydrogens is 390 g/mol. The minimum Gasteiger partial charge on any atom is -0.350 e. The van der Waals surface area contributed by atoms with Gasteiger partial charge in [-0.05, 0) is 36.2 Å². The van der Waals surface area contributed by atoms with Crippen molar-refractivity contribution in [3.63, 3.8) is 0 Å². The van der Waals surface area contributed by atoms with Crippen LogP contribution in [-0.2, 0) is 26.0 Å². The lowest BCUT2D eigenvalue weighted by Gasteiger charge is -2.15. The molecule has 0 unspecified atom stereocenters. The SMILES string of the molecule is NS(=O)(=O)c1ccc(NC2=C(Cl)C(=O)N(CCc3ccccc3)C2=O)cc1. The Balaban J connectivity index is 1.72. The Morgan fingerprint density at radius 1 is 0.963 bits per heavy atom. The lowest BCUT2D eigenvalue weighted by atomic mass is 10.1. The molecule has 0 spiro atoms. The van der Waals surface area contributed by atoms with Crippen molar-refractivity contribution in [1.82, 2.24) is 4.90 Å². The van der Waals surface area contributed by atoms with E-state index in [4.69, 9.17) is 16.7 Å². The molecule has 140 valence electrons. The van der Waals surface area contributed by atoms with Crippen LogP contribution in [0.3, 0.4) is 0 Å². The van der Waals surface area contributed by atoms with Gasteiger partial charge in [-0.3, -0.25) is 14.5 Å².